The second kappa shape index (κ2) is 11.7. The Labute approximate surface area is 207 Å². The number of hydrogen-bond acceptors (Lipinski definition) is 4. The minimum absolute atomic E-state index is 0.171. The lowest BCUT2D eigenvalue weighted by Gasteiger charge is -2.29. The Morgan fingerprint density at radius 2 is 1.91 bits per heavy atom. The lowest BCUT2D eigenvalue weighted by atomic mass is 9.78. The molecule has 3 aromatic rings. The molecule has 34 heavy (non-hydrogen) atoms. The van der Waals surface area contributed by atoms with Crippen molar-refractivity contribution in [3.63, 3.8) is 0 Å². The van der Waals surface area contributed by atoms with Crippen molar-refractivity contribution in [3.05, 3.63) is 64.6 Å². The van der Waals surface area contributed by atoms with Crippen LogP contribution in [-0.2, 0) is 0 Å². The lowest BCUT2D eigenvalue weighted by molar-refractivity contribution is 0.102. The van der Waals surface area contributed by atoms with Gasteiger partial charge in [0.1, 0.15) is 11.4 Å². The highest BCUT2D eigenvalue weighted by atomic mass is 32.1. The lowest BCUT2D eigenvalue weighted by Crippen LogP contribution is -2.16. The molecule has 1 saturated carbocycles. The largest absolute Gasteiger partial charge is 0.497 e. The summed E-state index contributed by atoms with van der Waals surface area (Å²) in [6, 6.07) is 15.8. The van der Waals surface area contributed by atoms with E-state index in [2.05, 4.69) is 19.2 Å². The minimum atomic E-state index is -0.171. The van der Waals surface area contributed by atoms with Crippen molar-refractivity contribution < 1.29 is 9.53 Å². The number of thiazole rings is 1. The molecule has 1 aliphatic carbocycles. The molecule has 4 nitrogen and oxygen atoms in total. The quantitative estimate of drug-likeness (QED) is 0.339. The first-order valence-electron chi connectivity index (χ1n) is 12.6. The molecule has 4 rings (SSSR count). The number of carbonyl (C=O) groups is 1. The van der Waals surface area contributed by atoms with E-state index in [0.29, 0.717) is 17.4 Å². The Kier molecular flexibility index (Phi) is 8.39. The zero-order valence-corrected chi connectivity index (χ0v) is 21.4. The number of nitrogens with zero attached hydrogens (tertiary/aromatic N) is 1. The molecule has 1 aromatic heterocycles. The standard InChI is InChI=1S/C29H36N2O2S/c1-4-8-20(2)17-21-11-13-23(14-12-21)29-31-27(19-34-29)28(32)30-26-18-24(33-3)15-16-25(26)22-9-6-5-7-10-22/h5-7,9-10,15-16,18-21,23H,4,8,11-14,17H2,1-3H3,(H,30,32). The Bertz CT molecular complexity index is 1070. The molecule has 180 valence electrons. The van der Waals surface area contributed by atoms with Crippen LogP contribution in [0.15, 0.2) is 53.9 Å². The van der Waals surface area contributed by atoms with Gasteiger partial charge >= 0.3 is 0 Å². The summed E-state index contributed by atoms with van der Waals surface area (Å²) in [5.41, 5.74) is 3.23. The van der Waals surface area contributed by atoms with E-state index in [0.717, 1.165) is 33.7 Å². The molecular formula is C29H36N2O2S. The summed E-state index contributed by atoms with van der Waals surface area (Å²) in [7, 11) is 1.63. The smallest absolute Gasteiger partial charge is 0.275 e. The van der Waals surface area contributed by atoms with Crippen molar-refractivity contribution in [1.82, 2.24) is 4.98 Å². The van der Waals surface area contributed by atoms with Crippen LogP contribution in [0.4, 0.5) is 5.69 Å². The summed E-state index contributed by atoms with van der Waals surface area (Å²) in [4.78, 5) is 17.9. The van der Waals surface area contributed by atoms with E-state index in [-0.39, 0.29) is 5.91 Å². The first-order valence-corrected chi connectivity index (χ1v) is 13.5. The van der Waals surface area contributed by atoms with E-state index in [1.165, 1.54) is 44.9 Å². The second-order valence-corrected chi connectivity index (χ2v) is 10.5. The highest BCUT2D eigenvalue weighted by molar-refractivity contribution is 7.10. The third kappa shape index (κ3) is 6.06. The van der Waals surface area contributed by atoms with Crippen molar-refractivity contribution >= 4 is 22.9 Å². The Morgan fingerprint density at radius 1 is 1.15 bits per heavy atom. The number of amides is 1. The fourth-order valence-corrected chi connectivity index (χ4v) is 6.19. The maximum atomic E-state index is 13.1. The molecule has 1 N–H and O–H groups in total. The first-order chi connectivity index (χ1) is 16.6. The summed E-state index contributed by atoms with van der Waals surface area (Å²) in [5, 5.41) is 6.10. The molecule has 0 aliphatic heterocycles. The van der Waals surface area contributed by atoms with Gasteiger partial charge < -0.3 is 10.1 Å². The summed E-state index contributed by atoms with van der Waals surface area (Å²) >= 11 is 1.63. The van der Waals surface area contributed by atoms with Gasteiger partial charge in [0.15, 0.2) is 0 Å². The molecule has 1 aliphatic rings. The Balaban J connectivity index is 1.42. The molecule has 1 unspecified atom stereocenters. The van der Waals surface area contributed by atoms with Crippen molar-refractivity contribution in [2.24, 2.45) is 11.8 Å². The molecule has 0 saturated heterocycles. The van der Waals surface area contributed by atoms with Gasteiger partial charge in [-0.25, -0.2) is 4.98 Å². The van der Waals surface area contributed by atoms with Gasteiger partial charge in [0, 0.05) is 22.9 Å². The van der Waals surface area contributed by atoms with Crippen LogP contribution in [0, 0.1) is 11.8 Å². The summed E-state index contributed by atoms with van der Waals surface area (Å²) in [6.45, 7) is 4.67. The molecule has 1 fully saturated rings. The zero-order chi connectivity index (χ0) is 23.9. The van der Waals surface area contributed by atoms with E-state index in [9.17, 15) is 4.79 Å². The summed E-state index contributed by atoms with van der Waals surface area (Å²) in [6.07, 6.45) is 8.91. The predicted molar refractivity (Wildman–Crippen MR) is 142 cm³/mol. The van der Waals surface area contributed by atoms with E-state index in [1.54, 1.807) is 18.4 Å². The number of carbonyl (C=O) groups excluding carboxylic acids is 1. The molecule has 5 heteroatoms. The topological polar surface area (TPSA) is 51.2 Å². The van der Waals surface area contributed by atoms with Crippen molar-refractivity contribution in [1.29, 1.82) is 0 Å². The highest BCUT2D eigenvalue weighted by Gasteiger charge is 2.26. The number of methoxy groups -OCH3 is 1. The third-order valence-electron chi connectivity index (χ3n) is 7.03. The van der Waals surface area contributed by atoms with Crippen LogP contribution in [0.3, 0.4) is 0 Å². The van der Waals surface area contributed by atoms with Crippen LogP contribution in [0.5, 0.6) is 5.75 Å². The fraction of sp³-hybridized carbons (Fsp3) is 0.448. The number of ether oxygens (including phenoxy) is 1. The second-order valence-electron chi connectivity index (χ2n) is 9.65. The number of anilines is 1. The Morgan fingerprint density at radius 3 is 2.62 bits per heavy atom. The van der Waals surface area contributed by atoms with Crippen LogP contribution in [-0.4, -0.2) is 18.0 Å². The van der Waals surface area contributed by atoms with Crippen LogP contribution >= 0.6 is 11.3 Å². The van der Waals surface area contributed by atoms with Crippen molar-refractivity contribution in [3.8, 4) is 16.9 Å². The third-order valence-corrected chi connectivity index (χ3v) is 8.03. The number of benzene rings is 2. The Hall–Kier alpha value is -2.66. The van der Waals surface area contributed by atoms with E-state index < -0.39 is 0 Å². The van der Waals surface area contributed by atoms with E-state index >= 15 is 0 Å². The predicted octanol–water partition coefficient (Wildman–Crippen LogP) is 8.17. The van der Waals surface area contributed by atoms with E-state index in [4.69, 9.17) is 9.72 Å². The average Bonchev–Trinajstić information content (AvgIpc) is 3.36. The first kappa shape index (κ1) is 24.5. The van der Waals surface area contributed by atoms with Gasteiger partial charge in [0.25, 0.3) is 5.91 Å². The molecule has 0 bridgehead atoms. The van der Waals surface area contributed by atoms with Crippen LogP contribution in [0.25, 0.3) is 11.1 Å². The maximum Gasteiger partial charge on any atom is 0.275 e. The van der Waals surface area contributed by atoms with Gasteiger partial charge in [-0.2, -0.15) is 0 Å². The van der Waals surface area contributed by atoms with Crippen LogP contribution in [0.2, 0.25) is 0 Å². The normalized spacial score (nSPS) is 18.9. The van der Waals surface area contributed by atoms with Gasteiger partial charge in [0.2, 0.25) is 0 Å². The number of rotatable bonds is 9. The number of nitrogens with one attached hydrogen (secondary N) is 1. The molecule has 0 spiro atoms. The minimum Gasteiger partial charge on any atom is -0.497 e. The highest BCUT2D eigenvalue weighted by Crippen LogP contribution is 2.40. The zero-order valence-electron chi connectivity index (χ0n) is 20.5. The number of hydrogen-bond donors (Lipinski definition) is 1. The van der Waals surface area contributed by atoms with Crippen molar-refractivity contribution in [2.45, 2.75) is 64.7 Å². The van der Waals surface area contributed by atoms with Gasteiger partial charge in [-0.1, -0.05) is 57.0 Å². The van der Waals surface area contributed by atoms with Crippen LogP contribution < -0.4 is 10.1 Å². The summed E-state index contributed by atoms with van der Waals surface area (Å²) in [5.74, 6) is 2.71. The molecule has 1 amide bonds. The van der Waals surface area contributed by atoms with Gasteiger partial charge in [-0.15, -0.1) is 11.3 Å². The van der Waals surface area contributed by atoms with Crippen LogP contribution in [0.1, 0.15) is 80.2 Å². The molecular weight excluding hydrogens is 440 g/mol. The van der Waals surface area contributed by atoms with Crippen molar-refractivity contribution in [2.75, 3.05) is 12.4 Å². The molecule has 0 radical (unpaired) electrons. The molecule has 2 aromatic carbocycles. The maximum absolute atomic E-state index is 13.1. The SMILES string of the molecule is CCCC(C)CC1CCC(c2nc(C(=O)Nc3cc(OC)ccc3-c3ccccc3)cs2)CC1. The molecule has 1 heterocycles. The number of aromatic nitrogens is 1. The van der Waals surface area contributed by atoms with Gasteiger partial charge in [-0.3, -0.25) is 4.79 Å². The van der Waals surface area contributed by atoms with Gasteiger partial charge in [-0.05, 0) is 61.6 Å². The average molecular weight is 477 g/mol. The summed E-state index contributed by atoms with van der Waals surface area (Å²) < 4.78 is 5.40. The molecule has 1 atom stereocenters. The van der Waals surface area contributed by atoms with Gasteiger partial charge in [0.05, 0.1) is 17.8 Å². The monoisotopic (exact) mass is 476 g/mol. The van der Waals surface area contributed by atoms with E-state index in [1.807, 2.05) is 53.9 Å². The fourth-order valence-electron chi connectivity index (χ4n) is 5.21.